The highest BCUT2D eigenvalue weighted by molar-refractivity contribution is 7.09. The van der Waals surface area contributed by atoms with Crippen molar-refractivity contribution in [2.45, 2.75) is 39.0 Å². The number of carbonyl (C=O) groups is 1. The van der Waals surface area contributed by atoms with Crippen molar-refractivity contribution in [2.75, 3.05) is 13.2 Å². The first-order chi connectivity index (χ1) is 9.19. The largest absolute Gasteiger partial charge is 0.396 e. The first-order valence-corrected chi connectivity index (χ1v) is 7.85. The molecule has 1 aliphatic rings. The Hall–Kier alpha value is -0.940. The first-order valence-electron chi connectivity index (χ1n) is 6.97. The van der Waals surface area contributed by atoms with Gasteiger partial charge in [0.05, 0.1) is 17.1 Å². The molecule has 5 heteroatoms. The fourth-order valence-electron chi connectivity index (χ4n) is 2.75. The second-order valence-corrected chi connectivity index (χ2v) is 6.39. The molecule has 0 saturated heterocycles. The standard InChI is InChI=1S/C14H22N2O2S/c1-10-16-13(9-19-10)6-14(18)15-7-11-4-2-3-5-12(11)8-17/h9,11-12,17H,2-8H2,1H3,(H,15,18). The minimum Gasteiger partial charge on any atom is -0.396 e. The van der Waals surface area contributed by atoms with Gasteiger partial charge in [0, 0.05) is 18.5 Å². The first kappa shape index (κ1) is 14.5. The molecular weight excluding hydrogens is 260 g/mol. The molecule has 1 saturated carbocycles. The van der Waals surface area contributed by atoms with Gasteiger partial charge in [-0.25, -0.2) is 4.98 Å². The van der Waals surface area contributed by atoms with E-state index in [1.54, 1.807) is 11.3 Å². The number of thiazole rings is 1. The Labute approximate surface area is 118 Å². The minimum atomic E-state index is 0.0348. The number of aryl methyl sites for hydroxylation is 1. The lowest BCUT2D eigenvalue weighted by Crippen LogP contribution is -2.36. The van der Waals surface area contributed by atoms with E-state index in [1.807, 2.05) is 12.3 Å². The van der Waals surface area contributed by atoms with Gasteiger partial charge in [-0.05, 0) is 31.6 Å². The van der Waals surface area contributed by atoms with Crippen LogP contribution >= 0.6 is 11.3 Å². The SMILES string of the molecule is Cc1nc(CC(=O)NCC2CCCCC2CO)cs1. The average molecular weight is 282 g/mol. The lowest BCUT2D eigenvalue weighted by atomic mass is 9.79. The lowest BCUT2D eigenvalue weighted by Gasteiger charge is -2.30. The van der Waals surface area contributed by atoms with E-state index >= 15 is 0 Å². The van der Waals surface area contributed by atoms with Crippen molar-refractivity contribution in [3.63, 3.8) is 0 Å². The maximum Gasteiger partial charge on any atom is 0.226 e. The molecule has 1 aliphatic carbocycles. The van der Waals surface area contributed by atoms with Crippen LogP contribution in [0.3, 0.4) is 0 Å². The minimum absolute atomic E-state index is 0.0348. The number of aliphatic hydroxyl groups excluding tert-OH is 1. The quantitative estimate of drug-likeness (QED) is 0.867. The molecule has 2 N–H and O–H groups in total. The van der Waals surface area contributed by atoms with Gasteiger partial charge in [-0.15, -0.1) is 11.3 Å². The van der Waals surface area contributed by atoms with Crippen LogP contribution in [-0.4, -0.2) is 29.1 Å². The number of aliphatic hydroxyl groups is 1. The summed E-state index contributed by atoms with van der Waals surface area (Å²) in [5, 5.41) is 15.3. The van der Waals surface area contributed by atoms with Crippen LogP contribution in [0.15, 0.2) is 5.38 Å². The number of aromatic nitrogens is 1. The van der Waals surface area contributed by atoms with Crippen molar-refractivity contribution in [2.24, 2.45) is 11.8 Å². The van der Waals surface area contributed by atoms with Gasteiger partial charge >= 0.3 is 0 Å². The van der Waals surface area contributed by atoms with Crippen LogP contribution in [0.25, 0.3) is 0 Å². The predicted molar refractivity (Wildman–Crippen MR) is 76.1 cm³/mol. The molecule has 1 fully saturated rings. The average Bonchev–Trinajstić information content (AvgIpc) is 2.82. The summed E-state index contributed by atoms with van der Waals surface area (Å²) < 4.78 is 0. The van der Waals surface area contributed by atoms with E-state index < -0.39 is 0 Å². The summed E-state index contributed by atoms with van der Waals surface area (Å²) in [6.45, 7) is 2.87. The van der Waals surface area contributed by atoms with Crippen molar-refractivity contribution >= 4 is 17.2 Å². The Morgan fingerprint density at radius 1 is 1.47 bits per heavy atom. The molecule has 2 unspecified atom stereocenters. The molecule has 0 aromatic carbocycles. The molecule has 4 nitrogen and oxygen atoms in total. The van der Waals surface area contributed by atoms with Crippen molar-refractivity contribution in [1.82, 2.24) is 10.3 Å². The number of nitrogens with one attached hydrogen (secondary N) is 1. The summed E-state index contributed by atoms with van der Waals surface area (Å²) in [5.74, 6) is 0.822. The number of amides is 1. The zero-order valence-electron chi connectivity index (χ0n) is 11.4. The Morgan fingerprint density at radius 3 is 2.84 bits per heavy atom. The molecule has 2 atom stereocenters. The van der Waals surface area contributed by atoms with E-state index in [0.29, 0.717) is 24.8 Å². The second kappa shape index (κ2) is 7.01. The number of hydrogen-bond donors (Lipinski definition) is 2. The number of rotatable bonds is 5. The van der Waals surface area contributed by atoms with E-state index in [9.17, 15) is 9.90 Å². The van der Waals surface area contributed by atoms with E-state index in [2.05, 4.69) is 10.3 Å². The summed E-state index contributed by atoms with van der Waals surface area (Å²) in [4.78, 5) is 16.1. The van der Waals surface area contributed by atoms with Crippen molar-refractivity contribution in [1.29, 1.82) is 0 Å². The summed E-state index contributed by atoms with van der Waals surface area (Å²) in [6, 6.07) is 0. The van der Waals surface area contributed by atoms with Gasteiger partial charge in [0.25, 0.3) is 0 Å². The number of carbonyl (C=O) groups excluding carboxylic acids is 1. The normalized spacial score (nSPS) is 23.3. The lowest BCUT2D eigenvalue weighted by molar-refractivity contribution is -0.120. The highest BCUT2D eigenvalue weighted by Gasteiger charge is 2.24. The third-order valence-corrected chi connectivity index (χ3v) is 4.69. The highest BCUT2D eigenvalue weighted by atomic mass is 32.1. The number of hydrogen-bond acceptors (Lipinski definition) is 4. The molecule has 0 radical (unpaired) electrons. The molecule has 1 heterocycles. The molecule has 1 aromatic rings. The summed E-state index contributed by atoms with van der Waals surface area (Å²) in [5.41, 5.74) is 0.849. The van der Waals surface area contributed by atoms with E-state index in [1.165, 1.54) is 12.8 Å². The Balaban J connectivity index is 1.76. The van der Waals surface area contributed by atoms with Crippen LogP contribution in [-0.2, 0) is 11.2 Å². The topological polar surface area (TPSA) is 62.2 Å². The molecule has 0 aliphatic heterocycles. The van der Waals surface area contributed by atoms with Crippen LogP contribution in [0.5, 0.6) is 0 Å². The molecule has 1 aromatic heterocycles. The van der Waals surface area contributed by atoms with Gasteiger partial charge in [-0.3, -0.25) is 4.79 Å². The van der Waals surface area contributed by atoms with Crippen molar-refractivity contribution in [3.8, 4) is 0 Å². The van der Waals surface area contributed by atoms with Crippen LogP contribution in [0, 0.1) is 18.8 Å². The Bertz CT molecular complexity index is 419. The monoisotopic (exact) mass is 282 g/mol. The van der Waals surface area contributed by atoms with Crippen molar-refractivity contribution < 1.29 is 9.90 Å². The van der Waals surface area contributed by atoms with Gasteiger partial charge in [0.2, 0.25) is 5.91 Å². The Kier molecular flexibility index (Phi) is 5.34. The molecule has 1 amide bonds. The maximum absolute atomic E-state index is 11.9. The Morgan fingerprint density at radius 2 is 2.21 bits per heavy atom. The summed E-state index contributed by atoms with van der Waals surface area (Å²) in [7, 11) is 0. The molecule has 19 heavy (non-hydrogen) atoms. The van der Waals surface area contributed by atoms with E-state index in [-0.39, 0.29) is 12.5 Å². The van der Waals surface area contributed by atoms with Crippen LogP contribution < -0.4 is 5.32 Å². The summed E-state index contributed by atoms with van der Waals surface area (Å²) in [6.07, 6.45) is 4.97. The molecule has 106 valence electrons. The third kappa shape index (κ3) is 4.28. The van der Waals surface area contributed by atoms with Crippen LogP contribution in [0.4, 0.5) is 0 Å². The van der Waals surface area contributed by atoms with Gasteiger partial charge in [-0.1, -0.05) is 12.8 Å². The highest BCUT2D eigenvalue weighted by Crippen LogP contribution is 2.29. The number of nitrogens with zero attached hydrogens (tertiary/aromatic N) is 1. The van der Waals surface area contributed by atoms with E-state index in [0.717, 1.165) is 23.5 Å². The fraction of sp³-hybridized carbons (Fsp3) is 0.714. The molecular formula is C14H22N2O2S. The zero-order chi connectivity index (χ0) is 13.7. The van der Waals surface area contributed by atoms with Gasteiger partial charge in [0.1, 0.15) is 0 Å². The third-order valence-electron chi connectivity index (χ3n) is 3.87. The van der Waals surface area contributed by atoms with Crippen LogP contribution in [0.2, 0.25) is 0 Å². The molecule has 2 rings (SSSR count). The molecule has 0 spiro atoms. The van der Waals surface area contributed by atoms with Gasteiger partial charge in [0.15, 0.2) is 0 Å². The second-order valence-electron chi connectivity index (χ2n) is 5.33. The van der Waals surface area contributed by atoms with E-state index in [4.69, 9.17) is 0 Å². The maximum atomic E-state index is 11.9. The summed E-state index contributed by atoms with van der Waals surface area (Å²) >= 11 is 1.57. The van der Waals surface area contributed by atoms with Gasteiger partial charge < -0.3 is 10.4 Å². The smallest absolute Gasteiger partial charge is 0.226 e. The predicted octanol–water partition coefficient (Wildman–Crippen LogP) is 1.91. The zero-order valence-corrected chi connectivity index (χ0v) is 12.2. The fourth-order valence-corrected chi connectivity index (χ4v) is 3.37. The van der Waals surface area contributed by atoms with Crippen LogP contribution in [0.1, 0.15) is 36.4 Å². The van der Waals surface area contributed by atoms with Gasteiger partial charge in [-0.2, -0.15) is 0 Å². The molecule has 0 bridgehead atoms. The van der Waals surface area contributed by atoms with Crippen molar-refractivity contribution in [3.05, 3.63) is 16.1 Å².